The Labute approximate surface area is 118 Å². The zero-order valence-electron chi connectivity index (χ0n) is 10.6. The third kappa shape index (κ3) is 3.67. The van der Waals surface area contributed by atoms with E-state index >= 15 is 0 Å². The number of benzene rings is 1. The van der Waals surface area contributed by atoms with E-state index in [0.29, 0.717) is 29.8 Å². The van der Waals surface area contributed by atoms with Gasteiger partial charge in [-0.25, -0.2) is 0 Å². The van der Waals surface area contributed by atoms with Gasteiger partial charge in [-0.1, -0.05) is 12.1 Å². The van der Waals surface area contributed by atoms with E-state index < -0.39 is 0 Å². The zero-order valence-corrected chi connectivity index (χ0v) is 11.4. The first-order valence-corrected chi connectivity index (χ1v) is 6.09. The SMILES string of the molecule is Cl.O=C(c1ccc(CO)cc1CO)N1CCNCC1. The van der Waals surface area contributed by atoms with Gasteiger partial charge < -0.3 is 20.4 Å². The van der Waals surface area contributed by atoms with Crippen molar-refractivity contribution in [1.29, 1.82) is 0 Å². The highest BCUT2D eigenvalue weighted by atomic mass is 35.5. The second-order valence-corrected chi connectivity index (χ2v) is 4.35. The Morgan fingerprint density at radius 1 is 1.21 bits per heavy atom. The summed E-state index contributed by atoms with van der Waals surface area (Å²) in [5.74, 6) is -0.0509. The van der Waals surface area contributed by atoms with Gasteiger partial charge >= 0.3 is 0 Å². The first kappa shape index (κ1) is 15.9. The molecular formula is C13H19ClN2O3. The van der Waals surface area contributed by atoms with Crippen molar-refractivity contribution in [2.24, 2.45) is 0 Å². The number of hydrogen-bond donors (Lipinski definition) is 3. The van der Waals surface area contributed by atoms with E-state index in [-0.39, 0.29) is 31.5 Å². The Kier molecular flexibility index (Phi) is 6.24. The van der Waals surface area contributed by atoms with Crippen LogP contribution in [0.25, 0.3) is 0 Å². The van der Waals surface area contributed by atoms with E-state index in [1.165, 1.54) is 0 Å². The van der Waals surface area contributed by atoms with E-state index in [2.05, 4.69) is 5.32 Å². The van der Waals surface area contributed by atoms with Gasteiger partial charge in [0.2, 0.25) is 0 Å². The fourth-order valence-electron chi connectivity index (χ4n) is 2.12. The molecule has 1 aliphatic rings. The average molecular weight is 287 g/mol. The molecule has 2 rings (SSSR count). The van der Waals surface area contributed by atoms with Crippen molar-refractivity contribution in [3.63, 3.8) is 0 Å². The number of amides is 1. The van der Waals surface area contributed by atoms with Crippen LogP contribution in [0.3, 0.4) is 0 Å². The summed E-state index contributed by atoms with van der Waals surface area (Å²) >= 11 is 0. The fourth-order valence-corrected chi connectivity index (χ4v) is 2.12. The van der Waals surface area contributed by atoms with E-state index in [1.54, 1.807) is 23.1 Å². The monoisotopic (exact) mass is 286 g/mol. The summed E-state index contributed by atoms with van der Waals surface area (Å²) in [6.45, 7) is 2.69. The summed E-state index contributed by atoms with van der Waals surface area (Å²) in [5, 5.41) is 21.6. The largest absolute Gasteiger partial charge is 0.392 e. The van der Waals surface area contributed by atoms with E-state index in [4.69, 9.17) is 5.11 Å². The molecule has 0 aliphatic carbocycles. The maximum atomic E-state index is 12.3. The van der Waals surface area contributed by atoms with Crippen molar-refractivity contribution >= 4 is 18.3 Å². The smallest absolute Gasteiger partial charge is 0.254 e. The maximum absolute atomic E-state index is 12.3. The summed E-state index contributed by atoms with van der Waals surface area (Å²) in [7, 11) is 0. The molecule has 0 radical (unpaired) electrons. The van der Waals surface area contributed by atoms with Gasteiger partial charge in [-0.15, -0.1) is 12.4 Å². The molecule has 5 nitrogen and oxygen atoms in total. The molecule has 6 heteroatoms. The fraction of sp³-hybridized carbons (Fsp3) is 0.462. The molecule has 0 atom stereocenters. The standard InChI is InChI=1S/C13H18N2O3.ClH/c16-8-10-1-2-12(11(7-10)9-17)13(18)15-5-3-14-4-6-15;/h1-2,7,14,16-17H,3-6,8-9H2;1H. The molecule has 1 fully saturated rings. The van der Waals surface area contributed by atoms with Crippen molar-refractivity contribution in [2.45, 2.75) is 13.2 Å². The Bertz CT molecular complexity index is 434. The molecule has 1 aromatic carbocycles. The summed E-state index contributed by atoms with van der Waals surface area (Å²) in [4.78, 5) is 14.1. The third-order valence-electron chi connectivity index (χ3n) is 3.16. The molecule has 0 saturated carbocycles. The number of carbonyl (C=O) groups excluding carboxylic acids is 1. The van der Waals surface area contributed by atoms with Gasteiger partial charge in [0.1, 0.15) is 0 Å². The Hall–Kier alpha value is -1.14. The molecule has 0 aromatic heterocycles. The molecule has 0 bridgehead atoms. The van der Waals surface area contributed by atoms with Crippen LogP contribution in [0, 0.1) is 0 Å². The van der Waals surface area contributed by atoms with Crippen LogP contribution in [-0.4, -0.2) is 47.2 Å². The topological polar surface area (TPSA) is 72.8 Å². The summed E-state index contributed by atoms with van der Waals surface area (Å²) < 4.78 is 0. The minimum Gasteiger partial charge on any atom is -0.392 e. The molecular weight excluding hydrogens is 268 g/mol. The Morgan fingerprint density at radius 3 is 2.47 bits per heavy atom. The van der Waals surface area contributed by atoms with E-state index in [0.717, 1.165) is 13.1 Å². The van der Waals surface area contributed by atoms with Crippen LogP contribution >= 0.6 is 12.4 Å². The van der Waals surface area contributed by atoms with Crippen molar-refractivity contribution in [2.75, 3.05) is 26.2 Å². The van der Waals surface area contributed by atoms with Gasteiger partial charge in [-0.2, -0.15) is 0 Å². The lowest BCUT2D eigenvalue weighted by atomic mass is 10.0. The number of aliphatic hydroxyl groups is 2. The highest BCUT2D eigenvalue weighted by Crippen LogP contribution is 2.15. The van der Waals surface area contributed by atoms with E-state index in [1.807, 2.05) is 0 Å². The zero-order chi connectivity index (χ0) is 13.0. The lowest BCUT2D eigenvalue weighted by Gasteiger charge is -2.28. The Balaban J connectivity index is 0.00000180. The van der Waals surface area contributed by atoms with Gasteiger partial charge in [0.05, 0.1) is 13.2 Å². The van der Waals surface area contributed by atoms with Crippen LogP contribution in [-0.2, 0) is 13.2 Å². The van der Waals surface area contributed by atoms with Crippen molar-refractivity contribution < 1.29 is 15.0 Å². The quantitative estimate of drug-likeness (QED) is 0.739. The molecule has 0 unspecified atom stereocenters. The van der Waals surface area contributed by atoms with Crippen molar-refractivity contribution in [3.05, 3.63) is 34.9 Å². The van der Waals surface area contributed by atoms with E-state index in [9.17, 15) is 9.90 Å². The number of nitrogens with one attached hydrogen (secondary N) is 1. The number of rotatable bonds is 3. The van der Waals surface area contributed by atoms with Crippen LogP contribution in [0.15, 0.2) is 18.2 Å². The van der Waals surface area contributed by atoms with Crippen LogP contribution in [0.4, 0.5) is 0 Å². The van der Waals surface area contributed by atoms with Crippen LogP contribution in [0.1, 0.15) is 21.5 Å². The average Bonchev–Trinajstić information content (AvgIpc) is 2.46. The van der Waals surface area contributed by atoms with Gasteiger partial charge in [0.25, 0.3) is 5.91 Å². The van der Waals surface area contributed by atoms with Gasteiger partial charge in [0.15, 0.2) is 0 Å². The number of aliphatic hydroxyl groups excluding tert-OH is 2. The molecule has 1 aromatic rings. The molecule has 1 aliphatic heterocycles. The second kappa shape index (κ2) is 7.45. The third-order valence-corrected chi connectivity index (χ3v) is 3.16. The maximum Gasteiger partial charge on any atom is 0.254 e. The first-order valence-electron chi connectivity index (χ1n) is 6.09. The lowest BCUT2D eigenvalue weighted by Crippen LogP contribution is -2.46. The molecule has 19 heavy (non-hydrogen) atoms. The molecule has 106 valence electrons. The highest BCUT2D eigenvalue weighted by Gasteiger charge is 2.20. The van der Waals surface area contributed by atoms with Crippen LogP contribution in [0.2, 0.25) is 0 Å². The molecule has 3 N–H and O–H groups in total. The Morgan fingerprint density at radius 2 is 1.89 bits per heavy atom. The minimum absolute atomic E-state index is 0. The van der Waals surface area contributed by atoms with Crippen LogP contribution < -0.4 is 5.32 Å². The molecule has 0 spiro atoms. The number of piperazine rings is 1. The highest BCUT2D eigenvalue weighted by molar-refractivity contribution is 5.95. The van der Waals surface area contributed by atoms with Gasteiger partial charge in [0, 0.05) is 31.7 Å². The number of carbonyl (C=O) groups is 1. The van der Waals surface area contributed by atoms with Crippen molar-refractivity contribution in [3.8, 4) is 0 Å². The second-order valence-electron chi connectivity index (χ2n) is 4.35. The minimum atomic E-state index is -0.193. The number of halogens is 1. The normalized spacial score (nSPS) is 14.9. The van der Waals surface area contributed by atoms with Crippen LogP contribution in [0.5, 0.6) is 0 Å². The lowest BCUT2D eigenvalue weighted by molar-refractivity contribution is 0.0732. The van der Waals surface area contributed by atoms with Crippen molar-refractivity contribution in [1.82, 2.24) is 10.2 Å². The molecule has 1 heterocycles. The number of hydrogen-bond acceptors (Lipinski definition) is 4. The predicted molar refractivity (Wildman–Crippen MR) is 74.3 cm³/mol. The summed E-state index contributed by atoms with van der Waals surface area (Å²) in [6.07, 6.45) is 0. The summed E-state index contributed by atoms with van der Waals surface area (Å²) in [6, 6.07) is 5.07. The summed E-state index contributed by atoms with van der Waals surface area (Å²) in [5.41, 5.74) is 1.80. The first-order chi connectivity index (χ1) is 8.76. The predicted octanol–water partition coefficient (Wildman–Crippen LogP) is 0.138. The van der Waals surface area contributed by atoms with Gasteiger partial charge in [-0.05, 0) is 17.2 Å². The molecule has 1 saturated heterocycles. The van der Waals surface area contributed by atoms with Gasteiger partial charge in [-0.3, -0.25) is 4.79 Å². The molecule has 1 amide bonds. The number of nitrogens with zero attached hydrogens (tertiary/aromatic N) is 1.